The molecule has 3 heteroatoms. The minimum absolute atomic E-state index is 0.673. The Labute approximate surface area is 110 Å². The molecule has 1 atom stereocenters. The molecule has 1 aromatic carbocycles. The van der Waals surface area contributed by atoms with Gasteiger partial charge in [0.05, 0.1) is 9.90 Å². The van der Waals surface area contributed by atoms with Crippen molar-refractivity contribution in [3.05, 3.63) is 56.2 Å². The van der Waals surface area contributed by atoms with E-state index in [1.165, 1.54) is 22.5 Å². The Balaban J connectivity index is 2.20. The quantitative estimate of drug-likeness (QED) is 0.828. The van der Waals surface area contributed by atoms with Gasteiger partial charge < -0.3 is 5.11 Å². The number of rotatable bonds is 1. The zero-order valence-electron chi connectivity index (χ0n) is 9.53. The summed E-state index contributed by atoms with van der Waals surface area (Å²) < 4.78 is 0. The van der Waals surface area contributed by atoms with Crippen LogP contribution in [-0.2, 0) is 12.0 Å². The molecule has 0 saturated heterocycles. The lowest BCUT2D eigenvalue weighted by Gasteiger charge is -2.23. The maximum Gasteiger partial charge on any atom is 0.126 e. The highest BCUT2D eigenvalue weighted by Gasteiger charge is 2.40. The van der Waals surface area contributed by atoms with Gasteiger partial charge >= 0.3 is 0 Å². The molecule has 1 unspecified atom stereocenters. The van der Waals surface area contributed by atoms with E-state index in [-0.39, 0.29) is 0 Å². The summed E-state index contributed by atoms with van der Waals surface area (Å²) in [6.45, 7) is 2.05. The second-order valence-corrected chi connectivity index (χ2v) is 5.94. The van der Waals surface area contributed by atoms with E-state index >= 15 is 0 Å². The molecule has 1 aliphatic rings. The monoisotopic (exact) mass is 264 g/mol. The fourth-order valence-electron chi connectivity index (χ4n) is 2.57. The highest BCUT2D eigenvalue weighted by molar-refractivity contribution is 7.10. The average Bonchev–Trinajstić information content (AvgIpc) is 2.85. The summed E-state index contributed by atoms with van der Waals surface area (Å²) in [6.07, 6.45) is 1.65. The number of hydrogen-bond donors (Lipinski definition) is 1. The van der Waals surface area contributed by atoms with Crippen LogP contribution >= 0.6 is 22.9 Å². The zero-order valence-corrected chi connectivity index (χ0v) is 11.1. The Morgan fingerprint density at radius 1 is 1.35 bits per heavy atom. The number of aryl methyl sites for hydroxylation is 2. The minimum Gasteiger partial charge on any atom is -0.379 e. The lowest BCUT2D eigenvalue weighted by molar-refractivity contribution is 0.0869. The number of hydrogen-bond acceptors (Lipinski definition) is 2. The van der Waals surface area contributed by atoms with Crippen molar-refractivity contribution in [1.29, 1.82) is 0 Å². The molecule has 0 aliphatic heterocycles. The van der Waals surface area contributed by atoms with E-state index in [2.05, 4.69) is 25.1 Å². The van der Waals surface area contributed by atoms with Crippen LogP contribution in [0.5, 0.6) is 0 Å². The third kappa shape index (κ3) is 1.63. The van der Waals surface area contributed by atoms with Crippen molar-refractivity contribution >= 4 is 22.9 Å². The first-order valence-electron chi connectivity index (χ1n) is 5.67. The van der Waals surface area contributed by atoms with Crippen molar-refractivity contribution in [3.63, 3.8) is 0 Å². The summed E-state index contributed by atoms with van der Waals surface area (Å²) in [6, 6.07) is 8.15. The summed E-state index contributed by atoms with van der Waals surface area (Å²) in [5, 5.41) is 13.5. The number of thiophene rings is 1. The second kappa shape index (κ2) is 3.84. The molecule has 0 radical (unpaired) electrons. The molecule has 0 fully saturated rings. The largest absolute Gasteiger partial charge is 0.379 e. The van der Waals surface area contributed by atoms with E-state index in [0.717, 1.165) is 23.3 Å². The van der Waals surface area contributed by atoms with Crippen LogP contribution in [0.25, 0.3) is 0 Å². The van der Waals surface area contributed by atoms with Gasteiger partial charge in [0, 0.05) is 0 Å². The Bertz CT molecular complexity index is 575. The molecule has 1 aromatic heterocycles. The molecule has 3 rings (SSSR count). The standard InChI is InChI=1S/C14H13ClOS/c1-9-2-3-10-4-6-14(16,11(10)8-9)13-12(15)5-7-17-13/h2-3,5,7-8,16H,4,6H2,1H3. The highest BCUT2D eigenvalue weighted by Crippen LogP contribution is 2.46. The van der Waals surface area contributed by atoms with Gasteiger partial charge in [0.1, 0.15) is 5.60 Å². The van der Waals surface area contributed by atoms with Crippen LogP contribution < -0.4 is 0 Å². The topological polar surface area (TPSA) is 20.2 Å². The van der Waals surface area contributed by atoms with Crippen molar-refractivity contribution < 1.29 is 5.11 Å². The van der Waals surface area contributed by atoms with Crippen LogP contribution in [0.4, 0.5) is 0 Å². The third-order valence-electron chi connectivity index (χ3n) is 3.46. The summed E-state index contributed by atoms with van der Waals surface area (Å²) >= 11 is 7.70. The van der Waals surface area contributed by atoms with E-state index < -0.39 is 5.60 Å². The second-order valence-electron chi connectivity index (χ2n) is 4.62. The van der Waals surface area contributed by atoms with E-state index in [1.54, 1.807) is 0 Å². The Morgan fingerprint density at radius 2 is 2.18 bits per heavy atom. The number of halogens is 1. The Morgan fingerprint density at radius 3 is 2.88 bits per heavy atom. The lowest BCUT2D eigenvalue weighted by Crippen LogP contribution is -2.22. The predicted molar refractivity (Wildman–Crippen MR) is 71.8 cm³/mol. The van der Waals surface area contributed by atoms with Gasteiger partial charge in [0.15, 0.2) is 0 Å². The molecule has 1 aliphatic carbocycles. The molecule has 2 aromatic rings. The van der Waals surface area contributed by atoms with Crippen molar-refractivity contribution in [3.8, 4) is 0 Å². The number of aliphatic hydroxyl groups is 1. The lowest BCUT2D eigenvalue weighted by atomic mass is 9.93. The summed E-state index contributed by atoms with van der Waals surface area (Å²) in [4.78, 5) is 0.878. The molecular formula is C14H13ClOS. The van der Waals surface area contributed by atoms with Gasteiger partial charge in [0.2, 0.25) is 0 Å². The highest BCUT2D eigenvalue weighted by atomic mass is 35.5. The minimum atomic E-state index is -0.882. The van der Waals surface area contributed by atoms with Gasteiger partial charge in [-0.2, -0.15) is 0 Å². The molecule has 0 spiro atoms. The summed E-state index contributed by atoms with van der Waals surface area (Å²) in [5.41, 5.74) is 2.56. The first-order valence-corrected chi connectivity index (χ1v) is 6.93. The fourth-order valence-corrected chi connectivity index (χ4v) is 3.92. The summed E-state index contributed by atoms with van der Waals surface area (Å²) in [7, 11) is 0. The van der Waals surface area contributed by atoms with Crippen LogP contribution in [0.15, 0.2) is 29.6 Å². The van der Waals surface area contributed by atoms with Gasteiger partial charge in [-0.25, -0.2) is 0 Å². The van der Waals surface area contributed by atoms with Crippen molar-refractivity contribution in [2.45, 2.75) is 25.4 Å². The predicted octanol–water partition coefficient (Wildman–Crippen LogP) is 3.89. The SMILES string of the molecule is Cc1ccc2c(c1)C(O)(c1sccc1Cl)CC2. The van der Waals surface area contributed by atoms with Gasteiger partial charge in [-0.3, -0.25) is 0 Å². The molecule has 1 heterocycles. The molecule has 0 saturated carbocycles. The fraction of sp³-hybridized carbons (Fsp3) is 0.286. The Hall–Kier alpha value is -0.830. The first-order chi connectivity index (χ1) is 8.11. The van der Waals surface area contributed by atoms with E-state index in [1.807, 2.05) is 11.4 Å². The van der Waals surface area contributed by atoms with Gasteiger partial charge in [-0.05, 0) is 42.3 Å². The molecular weight excluding hydrogens is 252 g/mol. The molecule has 17 heavy (non-hydrogen) atoms. The van der Waals surface area contributed by atoms with E-state index in [9.17, 15) is 5.11 Å². The van der Waals surface area contributed by atoms with E-state index in [0.29, 0.717) is 5.02 Å². The zero-order chi connectivity index (χ0) is 12.0. The molecule has 1 nitrogen and oxygen atoms in total. The van der Waals surface area contributed by atoms with Crippen molar-refractivity contribution in [2.24, 2.45) is 0 Å². The van der Waals surface area contributed by atoms with Crippen LogP contribution in [0, 0.1) is 6.92 Å². The summed E-state index contributed by atoms with van der Waals surface area (Å²) in [5.74, 6) is 0. The molecule has 88 valence electrons. The van der Waals surface area contributed by atoms with Crippen LogP contribution in [0.2, 0.25) is 5.02 Å². The van der Waals surface area contributed by atoms with Gasteiger partial charge in [-0.15, -0.1) is 11.3 Å². The number of benzene rings is 1. The van der Waals surface area contributed by atoms with Gasteiger partial charge in [-0.1, -0.05) is 35.4 Å². The normalized spacial score (nSPS) is 22.8. The Kier molecular flexibility index (Phi) is 2.54. The van der Waals surface area contributed by atoms with E-state index in [4.69, 9.17) is 11.6 Å². The van der Waals surface area contributed by atoms with Crippen LogP contribution in [-0.4, -0.2) is 5.11 Å². The van der Waals surface area contributed by atoms with Crippen LogP contribution in [0.1, 0.15) is 28.0 Å². The maximum atomic E-state index is 10.9. The maximum absolute atomic E-state index is 10.9. The third-order valence-corrected chi connectivity index (χ3v) is 4.95. The number of fused-ring (bicyclic) bond motifs is 1. The van der Waals surface area contributed by atoms with Crippen molar-refractivity contribution in [1.82, 2.24) is 0 Å². The molecule has 1 N–H and O–H groups in total. The van der Waals surface area contributed by atoms with Crippen molar-refractivity contribution in [2.75, 3.05) is 0 Å². The molecule has 0 amide bonds. The van der Waals surface area contributed by atoms with Crippen LogP contribution in [0.3, 0.4) is 0 Å². The van der Waals surface area contributed by atoms with Gasteiger partial charge in [0.25, 0.3) is 0 Å². The first kappa shape index (κ1) is 11.3. The smallest absolute Gasteiger partial charge is 0.126 e. The average molecular weight is 265 g/mol. The molecule has 0 bridgehead atoms.